The van der Waals surface area contributed by atoms with Crippen LogP contribution in [0.5, 0.6) is 5.75 Å². The van der Waals surface area contributed by atoms with Crippen LogP contribution in [-0.4, -0.2) is 9.97 Å². The summed E-state index contributed by atoms with van der Waals surface area (Å²) in [4.78, 5) is 8.67. The van der Waals surface area contributed by atoms with Crippen LogP contribution in [0.25, 0.3) is 0 Å². The van der Waals surface area contributed by atoms with Crippen LogP contribution < -0.4 is 10.5 Å². The molecule has 2 aromatic rings. The molecule has 0 atom stereocenters. The maximum Gasteiger partial charge on any atom is 0.168 e. The molecule has 1 heterocycles. The lowest BCUT2D eigenvalue weighted by Gasteiger charge is -2.08. The smallest absolute Gasteiger partial charge is 0.168 e. The minimum absolute atomic E-state index is 0.331. The van der Waals surface area contributed by atoms with E-state index in [1.807, 2.05) is 37.3 Å². The lowest BCUT2D eigenvalue weighted by Crippen LogP contribution is -2.09. The molecule has 0 unspecified atom stereocenters. The van der Waals surface area contributed by atoms with Crippen molar-refractivity contribution in [2.45, 2.75) is 20.0 Å². The highest BCUT2D eigenvalue weighted by Gasteiger charge is 2.08. The van der Waals surface area contributed by atoms with Gasteiger partial charge in [-0.2, -0.15) is 0 Å². The molecule has 0 radical (unpaired) electrons. The summed E-state index contributed by atoms with van der Waals surface area (Å²) in [6.45, 7) is 2.38. The lowest BCUT2D eigenvalue weighted by molar-refractivity contribution is 0.295. The first-order chi connectivity index (χ1) is 8.70. The Hall–Kier alpha value is -1.37. The average molecular weight is 355 g/mol. The fraction of sp³-hybridized carbons (Fsp3) is 0.231. The van der Waals surface area contributed by atoms with E-state index in [9.17, 15) is 0 Å². The quantitative estimate of drug-likeness (QED) is 0.857. The Morgan fingerprint density at radius 2 is 1.94 bits per heavy atom. The first kappa shape index (κ1) is 13.1. The number of aryl methyl sites for hydroxylation is 1. The second kappa shape index (κ2) is 5.99. The SMILES string of the molecule is CCc1nc(COc2ccccc2)nc(N)c1I. The van der Waals surface area contributed by atoms with Crippen molar-refractivity contribution in [1.82, 2.24) is 9.97 Å². The van der Waals surface area contributed by atoms with Gasteiger partial charge in [-0.05, 0) is 41.1 Å². The zero-order valence-corrected chi connectivity index (χ0v) is 12.2. The van der Waals surface area contributed by atoms with E-state index >= 15 is 0 Å². The number of anilines is 1. The monoisotopic (exact) mass is 355 g/mol. The molecule has 0 aliphatic heterocycles. The topological polar surface area (TPSA) is 61.0 Å². The van der Waals surface area contributed by atoms with E-state index in [-0.39, 0.29) is 0 Å². The molecule has 0 spiro atoms. The van der Waals surface area contributed by atoms with E-state index < -0.39 is 0 Å². The Morgan fingerprint density at radius 3 is 2.61 bits per heavy atom. The molecule has 4 nitrogen and oxygen atoms in total. The van der Waals surface area contributed by atoms with E-state index in [4.69, 9.17) is 10.5 Å². The summed E-state index contributed by atoms with van der Waals surface area (Å²) in [6, 6.07) is 9.60. The maximum absolute atomic E-state index is 5.85. The number of benzene rings is 1. The third-order valence-electron chi connectivity index (χ3n) is 2.44. The molecular formula is C13H14IN3O. The first-order valence-corrected chi connectivity index (χ1v) is 6.77. The van der Waals surface area contributed by atoms with Crippen LogP contribution in [0.3, 0.4) is 0 Å². The highest BCUT2D eigenvalue weighted by atomic mass is 127. The molecule has 94 valence electrons. The predicted molar refractivity (Wildman–Crippen MR) is 79.3 cm³/mol. The molecule has 0 fully saturated rings. The number of ether oxygens (including phenoxy) is 1. The van der Waals surface area contributed by atoms with E-state index in [0.29, 0.717) is 18.2 Å². The molecule has 0 aliphatic carbocycles. The molecule has 0 saturated heterocycles. The van der Waals surface area contributed by atoms with Gasteiger partial charge in [0.2, 0.25) is 0 Å². The molecule has 0 amide bonds. The highest BCUT2D eigenvalue weighted by Crippen LogP contribution is 2.17. The van der Waals surface area contributed by atoms with Crippen molar-refractivity contribution in [2.24, 2.45) is 0 Å². The van der Waals surface area contributed by atoms with Crippen molar-refractivity contribution >= 4 is 28.4 Å². The molecule has 1 aromatic heterocycles. The molecular weight excluding hydrogens is 341 g/mol. The summed E-state index contributed by atoms with van der Waals surface area (Å²) < 4.78 is 6.53. The van der Waals surface area contributed by atoms with Crippen molar-refractivity contribution in [3.63, 3.8) is 0 Å². The van der Waals surface area contributed by atoms with Gasteiger partial charge in [0, 0.05) is 0 Å². The Morgan fingerprint density at radius 1 is 1.22 bits per heavy atom. The number of nitrogens with zero attached hydrogens (tertiary/aromatic N) is 2. The number of nitrogen functional groups attached to an aromatic ring is 1. The number of aromatic nitrogens is 2. The largest absolute Gasteiger partial charge is 0.486 e. The van der Waals surface area contributed by atoms with Gasteiger partial charge in [0.15, 0.2) is 5.82 Å². The van der Waals surface area contributed by atoms with Gasteiger partial charge in [-0.15, -0.1) is 0 Å². The fourth-order valence-corrected chi connectivity index (χ4v) is 2.15. The molecule has 18 heavy (non-hydrogen) atoms. The summed E-state index contributed by atoms with van der Waals surface area (Å²) in [6.07, 6.45) is 0.837. The van der Waals surface area contributed by atoms with E-state index in [1.54, 1.807) is 0 Å². The summed E-state index contributed by atoms with van der Waals surface area (Å²) in [7, 11) is 0. The third-order valence-corrected chi connectivity index (χ3v) is 3.61. The zero-order valence-electron chi connectivity index (χ0n) is 10.1. The highest BCUT2D eigenvalue weighted by molar-refractivity contribution is 14.1. The zero-order chi connectivity index (χ0) is 13.0. The summed E-state index contributed by atoms with van der Waals surface area (Å²) in [5.41, 5.74) is 6.82. The Bertz CT molecular complexity index is 531. The maximum atomic E-state index is 5.85. The predicted octanol–water partition coefficient (Wildman–Crippen LogP) is 2.80. The second-order valence-corrected chi connectivity index (χ2v) is 4.82. The van der Waals surface area contributed by atoms with Gasteiger partial charge in [-0.1, -0.05) is 25.1 Å². The van der Waals surface area contributed by atoms with Crippen LogP contribution in [0, 0.1) is 3.57 Å². The summed E-state index contributed by atoms with van der Waals surface area (Å²) in [5.74, 6) is 1.94. The normalized spacial score (nSPS) is 10.3. The van der Waals surface area contributed by atoms with Crippen molar-refractivity contribution in [3.8, 4) is 5.75 Å². The summed E-state index contributed by atoms with van der Waals surface area (Å²) in [5, 5.41) is 0. The van der Waals surface area contributed by atoms with Crippen molar-refractivity contribution < 1.29 is 4.74 Å². The summed E-state index contributed by atoms with van der Waals surface area (Å²) >= 11 is 2.17. The fourth-order valence-electron chi connectivity index (χ4n) is 1.53. The van der Waals surface area contributed by atoms with Crippen LogP contribution in [0.15, 0.2) is 30.3 Å². The second-order valence-electron chi connectivity index (χ2n) is 3.74. The van der Waals surface area contributed by atoms with Gasteiger partial charge in [-0.3, -0.25) is 0 Å². The van der Waals surface area contributed by atoms with Gasteiger partial charge >= 0.3 is 0 Å². The Labute approximate surface area is 120 Å². The van der Waals surface area contributed by atoms with Crippen molar-refractivity contribution in [2.75, 3.05) is 5.73 Å². The third kappa shape index (κ3) is 3.10. The van der Waals surface area contributed by atoms with Crippen LogP contribution in [0.2, 0.25) is 0 Å². The Kier molecular flexibility index (Phi) is 4.35. The molecule has 0 aliphatic rings. The van der Waals surface area contributed by atoms with Gasteiger partial charge in [0.05, 0.1) is 9.26 Å². The minimum atomic E-state index is 0.331. The molecule has 0 saturated carbocycles. The van der Waals surface area contributed by atoms with E-state index in [2.05, 4.69) is 32.6 Å². The van der Waals surface area contributed by atoms with E-state index in [1.165, 1.54) is 0 Å². The number of hydrogen-bond acceptors (Lipinski definition) is 4. The molecule has 5 heteroatoms. The van der Waals surface area contributed by atoms with Crippen LogP contribution >= 0.6 is 22.6 Å². The van der Waals surface area contributed by atoms with Crippen LogP contribution in [0.1, 0.15) is 18.4 Å². The number of halogens is 1. The van der Waals surface area contributed by atoms with Crippen molar-refractivity contribution in [3.05, 3.63) is 45.4 Å². The average Bonchev–Trinajstić information content (AvgIpc) is 2.41. The minimum Gasteiger partial charge on any atom is -0.486 e. The number of hydrogen-bond donors (Lipinski definition) is 1. The van der Waals surface area contributed by atoms with Gasteiger partial charge in [0.25, 0.3) is 0 Å². The number of para-hydroxylation sites is 1. The molecule has 0 bridgehead atoms. The Balaban J connectivity index is 2.13. The van der Waals surface area contributed by atoms with Crippen LogP contribution in [-0.2, 0) is 13.0 Å². The lowest BCUT2D eigenvalue weighted by atomic mass is 10.3. The van der Waals surface area contributed by atoms with E-state index in [0.717, 1.165) is 21.4 Å². The molecule has 1 aromatic carbocycles. The van der Waals surface area contributed by atoms with Crippen molar-refractivity contribution in [1.29, 1.82) is 0 Å². The van der Waals surface area contributed by atoms with Gasteiger partial charge in [0.1, 0.15) is 18.2 Å². The van der Waals surface area contributed by atoms with Gasteiger partial charge < -0.3 is 10.5 Å². The first-order valence-electron chi connectivity index (χ1n) is 5.69. The number of rotatable bonds is 4. The van der Waals surface area contributed by atoms with Crippen LogP contribution in [0.4, 0.5) is 5.82 Å². The standard InChI is InChI=1S/C13H14IN3O/c1-2-10-12(14)13(15)17-11(16-10)8-18-9-6-4-3-5-7-9/h3-7H,2,8H2,1H3,(H2,15,16,17). The van der Waals surface area contributed by atoms with Gasteiger partial charge in [-0.25, -0.2) is 9.97 Å². The number of nitrogens with two attached hydrogens (primary N) is 1. The molecule has 2 N–H and O–H groups in total. The molecule has 2 rings (SSSR count).